The summed E-state index contributed by atoms with van der Waals surface area (Å²) in [6, 6.07) is 0.999. The van der Waals surface area contributed by atoms with Crippen molar-refractivity contribution in [3.63, 3.8) is 0 Å². The van der Waals surface area contributed by atoms with Crippen molar-refractivity contribution in [1.82, 2.24) is 4.90 Å². The minimum absolute atomic E-state index is 0.0223. The monoisotopic (exact) mass is 446 g/mol. The molecule has 3 amide bonds. The lowest BCUT2D eigenvalue weighted by Gasteiger charge is -2.40. The third kappa shape index (κ3) is 5.50. The van der Waals surface area contributed by atoms with E-state index in [2.05, 4.69) is 5.32 Å². The number of anilines is 2. The number of amides is 3. The molecule has 1 saturated carbocycles. The van der Waals surface area contributed by atoms with Crippen molar-refractivity contribution < 1.29 is 36.7 Å². The van der Waals surface area contributed by atoms with Gasteiger partial charge in [0.15, 0.2) is 6.04 Å². The molecule has 0 aromatic heterocycles. The van der Waals surface area contributed by atoms with E-state index in [1.807, 2.05) is 0 Å². The van der Waals surface area contributed by atoms with Crippen molar-refractivity contribution in [2.75, 3.05) is 36.5 Å². The molecule has 1 aromatic rings. The fourth-order valence-corrected chi connectivity index (χ4v) is 3.59. The molecule has 12 heteroatoms. The summed E-state index contributed by atoms with van der Waals surface area (Å²) in [4.78, 5) is 38.4. The molecule has 2 fully saturated rings. The minimum Gasteiger partial charge on any atom is -0.370 e. The predicted octanol–water partition coefficient (Wildman–Crippen LogP) is 1.40. The maximum atomic E-state index is 14.6. The number of halogens is 4. The van der Waals surface area contributed by atoms with E-state index in [-0.39, 0.29) is 31.1 Å². The summed E-state index contributed by atoms with van der Waals surface area (Å²) in [5, 5.41) is 2.26. The first-order valence-corrected chi connectivity index (χ1v) is 9.67. The zero-order chi connectivity index (χ0) is 22.8. The molecule has 3 N–H and O–H groups in total. The molecule has 31 heavy (non-hydrogen) atoms. The lowest BCUT2D eigenvalue weighted by molar-refractivity contribution is -0.165. The predicted molar refractivity (Wildman–Crippen MR) is 102 cm³/mol. The molecule has 0 radical (unpaired) electrons. The fourth-order valence-electron chi connectivity index (χ4n) is 3.59. The molecule has 0 spiro atoms. The van der Waals surface area contributed by atoms with E-state index in [1.54, 1.807) is 0 Å². The number of benzene rings is 1. The lowest BCUT2D eigenvalue weighted by atomic mass is 9.90. The number of nitrogens with one attached hydrogen (secondary N) is 1. The number of carbonyl (C=O) groups is 3. The Morgan fingerprint density at radius 3 is 2.55 bits per heavy atom. The standard InChI is InChI=1S/C19H22F4N4O4/c20-13-8-11(4-5-14(13)26-6-7-31-9-15(26)28)25-18(30)16(17(24)29)27(10-19(21,22)23)12-2-1-3-12/h4-5,8,12,16H,1-3,6-7,9-10H2,(H2,24,29)(H,25,30)/t16-/m0/s1. The van der Waals surface area contributed by atoms with Crippen LogP contribution in [0.2, 0.25) is 0 Å². The van der Waals surface area contributed by atoms with Crippen LogP contribution in [0.5, 0.6) is 0 Å². The van der Waals surface area contributed by atoms with Gasteiger partial charge >= 0.3 is 6.18 Å². The van der Waals surface area contributed by atoms with Crippen molar-refractivity contribution in [2.24, 2.45) is 5.73 Å². The van der Waals surface area contributed by atoms with Crippen LogP contribution in [0.25, 0.3) is 0 Å². The average molecular weight is 446 g/mol. The van der Waals surface area contributed by atoms with Gasteiger partial charge in [0.2, 0.25) is 5.91 Å². The van der Waals surface area contributed by atoms with Crippen molar-refractivity contribution in [3.05, 3.63) is 24.0 Å². The molecule has 1 atom stereocenters. The Morgan fingerprint density at radius 2 is 2.03 bits per heavy atom. The van der Waals surface area contributed by atoms with Gasteiger partial charge in [-0.25, -0.2) is 4.39 Å². The van der Waals surface area contributed by atoms with Crippen LogP contribution in [-0.2, 0) is 19.1 Å². The molecule has 1 saturated heterocycles. The van der Waals surface area contributed by atoms with Crippen LogP contribution < -0.4 is 16.0 Å². The number of primary amides is 1. The zero-order valence-corrected chi connectivity index (χ0v) is 16.5. The zero-order valence-electron chi connectivity index (χ0n) is 16.5. The number of rotatable bonds is 7. The van der Waals surface area contributed by atoms with E-state index in [9.17, 15) is 31.9 Å². The van der Waals surface area contributed by atoms with Gasteiger partial charge < -0.3 is 20.7 Å². The quantitative estimate of drug-likeness (QED) is 0.487. The van der Waals surface area contributed by atoms with Gasteiger partial charge in [0.25, 0.3) is 11.8 Å². The van der Waals surface area contributed by atoms with Crippen LogP contribution in [0, 0.1) is 5.82 Å². The molecule has 1 heterocycles. The van der Waals surface area contributed by atoms with E-state index < -0.39 is 48.3 Å². The Balaban J connectivity index is 1.78. The van der Waals surface area contributed by atoms with Crippen molar-refractivity contribution >= 4 is 29.1 Å². The summed E-state index contributed by atoms with van der Waals surface area (Å²) in [5.41, 5.74) is 5.15. The Bertz CT molecular complexity index is 860. The smallest absolute Gasteiger partial charge is 0.370 e. The lowest BCUT2D eigenvalue weighted by Crippen LogP contribution is -2.59. The van der Waals surface area contributed by atoms with Crippen LogP contribution in [0.15, 0.2) is 18.2 Å². The number of ether oxygens (including phenoxy) is 1. The molecule has 170 valence electrons. The molecule has 0 bridgehead atoms. The summed E-state index contributed by atoms with van der Waals surface area (Å²) in [7, 11) is 0. The summed E-state index contributed by atoms with van der Waals surface area (Å²) in [6.45, 7) is -1.27. The summed E-state index contributed by atoms with van der Waals surface area (Å²) in [6.07, 6.45) is -3.14. The average Bonchev–Trinajstić information content (AvgIpc) is 2.59. The highest BCUT2D eigenvalue weighted by molar-refractivity contribution is 6.09. The van der Waals surface area contributed by atoms with Crippen molar-refractivity contribution in [3.8, 4) is 0 Å². The fraction of sp³-hybridized carbons (Fsp3) is 0.526. The van der Waals surface area contributed by atoms with Crippen LogP contribution in [-0.4, -0.2) is 67.2 Å². The maximum Gasteiger partial charge on any atom is 0.401 e. The van der Waals surface area contributed by atoms with Crippen LogP contribution in [0.1, 0.15) is 19.3 Å². The van der Waals surface area contributed by atoms with Gasteiger partial charge in [-0.15, -0.1) is 0 Å². The van der Waals surface area contributed by atoms with Gasteiger partial charge in [-0.3, -0.25) is 19.3 Å². The van der Waals surface area contributed by atoms with Crippen LogP contribution >= 0.6 is 0 Å². The Kier molecular flexibility index (Phi) is 6.80. The number of carbonyl (C=O) groups excluding carboxylic acids is 3. The first-order chi connectivity index (χ1) is 14.6. The third-order valence-corrected chi connectivity index (χ3v) is 5.25. The highest BCUT2D eigenvalue weighted by Gasteiger charge is 2.44. The van der Waals surface area contributed by atoms with Gasteiger partial charge in [0.1, 0.15) is 12.4 Å². The number of nitrogens with zero attached hydrogens (tertiary/aromatic N) is 2. The first-order valence-electron chi connectivity index (χ1n) is 9.67. The van der Waals surface area contributed by atoms with Gasteiger partial charge in [-0.05, 0) is 31.0 Å². The topological polar surface area (TPSA) is 105 Å². The van der Waals surface area contributed by atoms with Crippen molar-refractivity contribution in [2.45, 2.75) is 37.5 Å². The molecule has 1 aromatic carbocycles. The van der Waals surface area contributed by atoms with E-state index in [4.69, 9.17) is 10.5 Å². The second-order valence-corrected chi connectivity index (χ2v) is 7.43. The second-order valence-electron chi connectivity index (χ2n) is 7.43. The summed E-state index contributed by atoms with van der Waals surface area (Å²) < 4.78 is 58.6. The number of nitrogens with two attached hydrogens (primary N) is 1. The highest BCUT2D eigenvalue weighted by atomic mass is 19.4. The molecule has 1 aliphatic carbocycles. The van der Waals surface area contributed by atoms with Crippen LogP contribution in [0.3, 0.4) is 0 Å². The molecule has 2 aliphatic rings. The number of alkyl halides is 3. The second kappa shape index (κ2) is 9.18. The third-order valence-electron chi connectivity index (χ3n) is 5.25. The van der Waals surface area contributed by atoms with E-state index in [1.165, 1.54) is 17.0 Å². The molecule has 1 aliphatic heterocycles. The van der Waals surface area contributed by atoms with Gasteiger partial charge in [0, 0.05) is 18.3 Å². The Labute approximate surface area is 175 Å². The summed E-state index contributed by atoms with van der Waals surface area (Å²) >= 11 is 0. The van der Waals surface area contributed by atoms with Crippen LogP contribution in [0.4, 0.5) is 28.9 Å². The highest BCUT2D eigenvalue weighted by Crippen LogP contribution is 2.31. The normalized spacial score (nSPS) is 18.6. The SMILES string of the molecule is NC(=O)[C@@H](C(=O)Nc1ccc(N2CCOCC2=O)c(F)c1)N(CC(F)(F)F)C1CCC1. The molecular weight excluding hydrogens is 424 g/mol. The largest absolute Gasteiger partial charge is 0.401 e. The molecule has 8 nitrogen and oxygen atoms in total. The molecular formula is C19H22F4N4O4. The Morgan fingerprint density at radius 1 is 1.32 bits per heavy atom. The molecule has 0 unspecified atom stereocenters. The van der Waals surface area contributed by atoms with Gasteiger partial charge in [0.05, 0.1) is 18.8 Å². The van der Waals surface area contributed by atoms with E-state index >= 15 is 0 Å². The minimum atomic E-state index is -4.64. The number of hydrogen-bond acceptors (Lipinski definition) is 5. The van der Waals surface area contributed by atoms with E-state index in [0.717, 1.165) is 11.0 Å². The van der Waals surface area contributed by atoms with Gasteiger partial charge in [-0.2, -0.15) is 13.2 Å². The van der Waals surface area contributed by atoms with Crippen molar-refractivity contribution in [1.29, 1.82) is 0 Å². The van der Waals surface area contributed by atoms with E-state index in [0.29, 0.717) is 19.3 Å². The first kappa shape index (κ1) is 22.9. The Hall–Kier alpha value is -2.73. The number of morpholine rings is 1. The summed E-state index contributed by atoms with van der Waals surface area (Å²) in [5.74, 6) is -3.57. The molecule has 3 rings (SSSR count). The number of hydrogen-bond donors (Lipinski definition) is 2. The maximum absolute atomic E-state index is 14.6. The van der Waals surface area contributed by atoms with Gasteiger partial charge in [-0.1, -0.05) is 6.42 Å².